The molecule has 0 heterocycles. The minimum Gasteiger partial charge on any atom is -0.491 e. The maximum atomic E-state index is 12.0. The van der Waals surface area contributed by atoms with E-state index in [1.165, 1.54) is 5.56 Å². The zero-order chi connectivity index (χ0) is 17.4. The van der Waals surface area contributed by atoms with Crippen LogP contribution in [-0.2, 0) is 4.79 Å². The third kappa shape index (κ3) is 5.30. The summed E-state index contributed by atoms with van der Waals surface area (Å²) in [6.45, 7) is 6.86. The Labute approximate surface area is 143 Å². The third-order valence-corrected chi connectivity index (χ3v) is 3.63. The zero-order valence-corrected chi connectivity index (χ0v) is 14.5. The maximum absolute atomic E-state index is 12.0. The summed E-state index contributed by atoms with van der Waals surface area (Å²) >= 11 is 0. The Kier molecular flexibility index (Phi) is 6.67. The number of nitrogens with one attached hydrogen (secondary N) is 1. The largest absolute Gasteiger partial charge is 0.491 e. The van der Waals surface area contributed by atoms with Gasteiger partial charge in [-0.05, 0) is 36.6 Å². The highest BCUT2D eigenvalue weighted by atomic mass is 16.5. The third-order valence-electron chi connectivity index (χ3n) is 3.63. The van der Waals surface area contributed by atoms with E-state index >= 15 is 0 Å². The van der Waals surface area contributed by atoms with E-state index in [9.17, 15) is 4.79 Å². The van der Waals surface area contributed by atoms with Crippen molar-refractivity contribution in [2.45, 2.75) is 32.8 Å². The van der Waals surface area contributed by atoms with E-state index in [-0.39, 0.29) is 5.91 Å². The lowest BCUT2D eigenvalue weighted by Crippen LogP contribution is -2.38. The molecule has 0 fully saturated rings. The number of hydrogen-bond acceptors (Lipinski definition) is 3. The second-order valence-corrected chi connectivity index (χ2v) is 5.91. The van der Waals surface area contributed by atoms with Crippen LogP contribution < -0.4 is 14.8 Å². The van der Waals surface area contributed by atoms with Gasteiger partial charge in [0.1, 0.15) is 18.1 Å². The molecule has 0 aliphatic rings. The van der Waals surface area contributed by atoms with Crippen LogP contribution >= 0.6 is 0 Å². The summed E-state index contributed by atoms with van der Waals surface area (Å²) in [6.07, 6.45) is -0.546. The van der Waals surface area contributed by atoms with Crippen LogP contribution in [-0.4, -0.2) is 25.2 Å². The van der Waals surface area contributed by atoms with E-state index < -0.39 is 6.10 Å². The highest BCUT2D eigenvalue weighted by Crippen LogP contribution is 2.25. The Morgan fingerprint density at radius 1 is 1.00 bits per heavy atom. The van der Waals surface area contributed by atoms with Crippen LogP contribution in [0, 0.1) is 0 Å². The van der Waals surface area contributed by atoms with E-state index in [2.05, 4.69) is 25.2 Å². The molecular weight excluding hydrogens is 302 g/mol. The minimum atomic E-state index is -0.546. The van der Waals surface area contributed by atoms with Gasteiger partial charge in [0.05, 0.1) is 6.54 Å². The minimum absolute atomic E-state index is 0.153. The molecule has 0 unspecified atom stereocenters. The number of para-hydroxylation sites is 2. The first-order valence-corrected chi connectivity index (χ1v) is 8.29. The lowest BCUT2D eigenvalue weighted by atomic mass is 10.0. The molecule has 4 nitrogen and oxygen atoms in total. The topological polar surface area (TPSA) is 47.6 Å². The van der Waals surface area contributed by atoms with Gasteiger partial charge in [0.25, 0.3) is 5.91 Å². The van der Waals surface area contributed by atoms with Gasteiger partial charge in [-0.2, -0.15) is 0 Å². The molecule has 4 heteroatoms. The second kappa shape index (κ2) is 8.96. The molecule has 128 valence electrons. The van der Waals surface area contributed by atoms with Crippen LogP contribution in [0.1, 0.15) is 32.3 Å². The first-order valence-electron chi connectivity index (χ1n) is 8.29. The van der Waals surface area contributed by atoms with Gasteiger partial charge < -0.3 is 14.8 Å². The molecule has 0 saturated heterocycles. The van der Waals surface area contributed by atoms with E-state index in [4.69, 9.17) is 9.47 Å². The van der Waals surface area contributed by atoms with Crippen LogP contribution in [0.2, 0.25) is 0 Å². The molecule has 1 amide bonds. The Morgan fingerprint density at radius 3 is 2.38 bits per heavy atom. The van der Waals surface area contributed by atoms with Crippen molar-refractivity contribution < 1.29 is 14.3 Å². The van der Waals surface area contributed by atoms with Crippen LogP contribution in [0.15, 0.2) is 54.6 Å². The van der Waals surface area contributed by atoms with Crippen molar-refractivity contribution in [3.05, 3.63) is 60.2 Å². The second-order valence-electron chi connectivity index (χ2n) is 5.91. The molecule has 1 N–H and O–H groups in total. The van der Waals surface area contributed by atoms with Gasteiger partial charge in [-0.3, -0.25) is 4.79 Å². The molecule has 24 heavy (non-hydrogen) atoms. The van der Waals surface area contributed by atoms with E-state index in [0.29, 0.717) is 24.8 Å². The molecule has 0 radical (unpaired) electrons. The molecule has 2 aromatic carbocycles. The monoisotopic (exact) mass is 327 g/mol. The van der Waals surface area contributed by atoms with Crippen LogP contribution in [0.25, 0.3) is 0 Å². The smallest absolute Gasteiger partial charge is 0.260 e. The summed E-state index contributed by atoms with van der Waals surface area (Å²) in [5.74, 6) is 1.80. The highest BCUT2D eigenvalue weighted by molar-refractivity contribution is 5.80. The van der Waals surface area contributed by atoms with Crippen molar-refractivity contribution in [1.82, 2.24) is 5.32 Å². The number of carbonyl (C=O) groups excluding carboxylic acids is 1. The van der Waals surface area contributed by atoms with Crippen LogP contribution in [0.4, 0.5) is 0 Å². The number of carbonyl (C=O) groups is 1. The predicted octanol–water partition coefficient (Wildman–Crippen LogP) is 3.77. The van der Waals surface area contributed by atoms with Crippen LogP contribution in [0.3, 0.4) is 0 Å². The van der Waals surface area contributed by atoms with Crippen LogP contribution in [0.5, 0.6) is 11.5 Å². The van der Waals surface area contributed by atoms with Gasteiger partial charge in [-0.1, -0.05) is 50.2 Å². The average Bonchev–Trinajstić information content (AvgIpc) is 2.59. The molecule has 0 aliphatic heterocycles. The molecule has 0 spiro atoms. The molecule has 2 aromatic rings. The zero-order valence-electron chi connectivity index (χ0n) is 14.5. The standard InChI is InChI=1S/C20H25NO3/c1-15(2)18-11-7-8-12-19(18)23-14-13-21-20(22)16(3)24-17-9-5-4-6-10-17/h4-12,15-16H,13-14H2,1-3H3,(H,21,22)/t16-/m1/s1. The number of amides is 1. The molecule has 0 aliphatic carbocycles. The maximum Gasteiger partial charge on any atom is 0.260 e. The predicted molar refractivity (Wildman–Crippen MR) is 95.6 cm³/mol. The molecule has 2 rings (SSSR count). The summed E-state index contributed by atoms with van der Waals surface area (Å²) in [5.41, 5.74) is 1.17. The van der Waals surface area contributed by atoms with Crippen molar-refractivity contribution in [3.8, 4) is 11.5 Å². The summed E-state index contributed by atoms with van der Waals surface area (Å²) in [6, 6.07) is 17.3. The van der Waals surface area contributed by atoms with Crippen molar-refractivity contribution in [3.63, 3.8) is 0 Å². The number of rotatable bonds is 8. The average molecular weight is 327 g/mol. The molecule has 1 atom stereocenters. The quantitative estimate of drug-likeness (QED) is 0.751. The molecule has 0 saturated carbocycles. The number of hydrogen-bond donors (Lipinski definition) is 1. The van der Waals surface area contributed by atoms with Gasteiger partial charge in [-0.15, -0.1) is 0 Å². The van der Waals surface area contributed by atoms with Crippen molar-refractivity contribution in [2.24, 2.45) is 0 Å². The Morgan fingerprint density at radius 2 is 1.67 bits per heavy atom. The Balaban J connectivity index is 1.75. The van der Waals surface area contributed by atoms with Gasteiger partial charge in [0.15, 0.2) is 6.10 Å². The normalized spacial score (nSPS) is 11.8. The van der Waals surface area contributed by atoms with Crippen molar-refractivity contribution in [2.75, 3.05) is 13.2 Å². The molecule has 0 bridgehead atoms. The highest BCUT2D eigenvalue weighted by Gasteiger charge is 2.14. The SMILES string of the molecule is CC(C)c1ccccc1OCCNC(=O)[C@@H](C)Oc1ccccc1. The Hall–Kier alpha value is -2.49. The number of benzene rings is 2. The number of ether oxygens (including phenoxy) is 2. The van der Waals surface area contributed by atoms with Gasteiger partial charge in [0, 0.05) is 0 Å². The molecular formula is C20H25NO3. The van der Waals surface area contributed by atoms with E-state index in [1.54, 1.807) is 6.92 Å². The fourth-order valence-corrected chi connectivity index (χ4v) is 2.32. The summed E-state index contributed by atoms with van der Waals surface area (Å²) < 4.78 is 11.4. The van der Waals surface area contributed by atoms with Crippen molar-refractivity contribution in [1.29, 1.82) is 0 Å². The van der Waals surface area contributed by atoms with Gasteiger partial charge >= 0.3 is 0 Å². The summed E-state index contributed by atoms with van der Waals surface area (Å²) in [5, 5.41) is 2.83. The fourth-order valence-electron chi connectivity index (χ4n) is 2.32. The fraction of sp³-hybridized carbons (Fsp3) is 0.350. The lowest BCUT2D eigenvalue weighted by Gasteiger charge is -2.16. The van der Waals surface area contributed by atoms with Crippen molar-refractivity contribution >= 4 is 5.91 Å². The van der Waals surface area contributed by atoms with Gasteiger partial charge in [-0.25, -0.2) is 0 Å². The first kappa shape index (κ1) is 17.9. The summed E-state index contributed by atoms with van der Waals surface area (Å²) in [4.78, 5) is 12.0. The first-order chi connectivity index (χ1) is 11.6. The van der Waals surface area contributed by atoms with Gasteiger partial charge in [0.2, 0.25) is 0 Å². The van der Waals surface area contributed by atoms with E-state index in [1.807, 2.05) is 48.5 Å². The van der Waals surface area contributed by atoms with E-state index in [0.717, 1.165) is 5.75 Å². The Bertz CT molecular complexity index is 640. The lowest BCUT2D eigenvalue weighted by molar-refractivity contribution is -0.127. The molecule has 0 aromatic heterocycles. The summed E-state index contributed by atoms with van der Waals surface area (Å²) in [7, 11) is 0.